The van der Waals surface area contributed by atoms with Crippen LogP contribution in [0, 0.1) is 11.8 Å². The molecule has 1 saturated heterocycles. The van der Waals surface area contributed by atoms with Gasteiger partial charge in [-0.1, -0.05) is 83.3 Å². The van der Waals surface area contributed by atoms with E-state index in [4.69, 9.17) is 46.4 Å². The van der Waals surface area contributed by atoms with Crippen LogP contribution in [0.1, 0.15) is 61.2 Å². The van der Waals surface area contributed by atoms with Gasteiger partial charge in [0.25, 0.3) is 17.7 Å². The van der Waals surface area contributed by atoms with Crippen LogP contribution in [0.25, 0.3) is 0 Å². The van der Waals surface area contributed by atoms with Crippen molar-refractivity contribution in [1.29, 1.82) is 0 Å². The highest BCUT2D eigenvalue weighted by Crippen LogP contribution is 2.61. The summed E-state index contributed by atoms with van der Waals surface area (Å²) >= 11 is 24.9. The normalized spacial score (nSPS) is 21.6. The van der Waals surface area contributed by atoms with Gasteiger partial charge < -0.3 is 0 Å². The van der Waals surface area contributed by atoms with Gasteiger partial charge in [0.15, 0.2) is 5.78 Å². The fraction of sp³-hybridized carbons (Fsp3) is 0.200. The molecule has 0 spiro atoms. The summed E-state index contributed by atoms with van der Waals surface area (Å²) in [6.07, 6.45) is -0.0420. The molecule has 45 heavy (non-hydrogen) atoms. The molecule has 0 radical (unpaired) electrons. The first kappa shape index (κ1) is 30.0. The highest BCUT2D eigenvalue weighted by Gasteiger charge is 2.63. The SMILES string of the molecule is O=C(c1ccc(Cl)cc1)[C@H](CCCl)N(C(=O)c1ccc(Cl)cc1Cl)N1C(=O)[C@@H]2C3c4ccccc4C(c4ccccc43)[C@H]2C1=O. The topological polar surface area (TPSA) is 74.8 Å². The predicted octanol–water partition coefficient (Wildman–Crippen LogP) is 7.78. The second-order valence-corrected chi connectivity index (χ2v) is 13.0. The molecule has 3 amide bonds. The maximum Gasteiger partial charge on any atom is 0.275 e. The van der Waals surface area contributed by atoms with Gasteiger partial charge in [-0.2, -0.15) is 5.01 Å². The molecule has 4 aromatic carbocycles. The number of nitrogens with zero attached hydrogens (tertiary/aromatic N) is 2. The van der Waals surface area contributed by atoms with E-state index in [1.165, 1.54) is 30.3 Å². The van der Waals surface area contributed by atoms with E-state index in [1.807, 2.05) is 48.5 Å². The maximum atomic E-state index is 14.7. The lowest BCUT2D eigenvalue weighted by molar-refractivity contribution is -0.156. The highest BCUT2D eigenvalue weighted by atomic mass is 35.5. The molecule has 0 aromatic heterocycles. The van der Waals surface area contributed by atoms with Crippen molar-refractivity contribution in [2.75, 3.05) is 5.88 Å². The molecule has 4 aliphatic rings. The number of imide groups is 1. The number of rotatable bonds is 7. The van der Waals surface area contributed by atoms with Crippen LogP contribution >= 0.6 is 46.4 Å². The Morgan fingerprint density at radius 3 is 1.67 bits per heavy atom. The number of halogens is 4. The van der Waals surface area contributed by atoms with Crippen molar-refractivity contribution in [3.8, 4) is 0 Å². The number of amides is 3. The Labute approximate surface area is 279 Å². The van der Waals surface area contributed by atoms with E-state index in [1.54, 1.807) is 12.1 Å². The van der Waals surface area contributed by atoms with E-state index in [0.717, 1.165) is 32.3 Å². The quantitative estimate of drug-likeness (QED) is 0.114. The number of ketones is 1. The molecule has 1 fully saturated rings. The zero-order chi connectivity index (χ0) is 31.6. The summed E-state index contributed by atoms with van der Waals surface area (Å²) in [7, 11) is 0. The molecule has 0 unspecified atom stereocenters. The average molecular weight is 678 g/mol. The van der Waals surface area contributed by atoms with Gasteiger partial charge in [-0.3, -0.25) is 19.2 Å². The van der Waals surface area contributed by atoms with Crippen LogP contribution in [0.3, 0.4) is 0 Å². The van der Waals surface area contributed by atoms with Gasteiger partial charge in [0.05, 0.1) is 22.4 Å². The fourth-order valence-electron chi connectivity index (χ4n) is 7.31. The lowest BCUT2D eigenvalue weighted by Crippen LogP contribution is -2.57. The molecule has 4 aromatic rings. The molecule has 2 bridgehead atoms. The zero-order valence-electron chi connectivity index (χ0n) is 23.5. The minimum absolute atomic E-state index is 0.0115. The number of hydrazine groups is 1. The van der Waals surface area contributed by atoms with Crippen LogP contribution in [-0.4, -0.2) is 45.4 Å². The second-order valence-electron chi connectivity index (χ2n) is 11.4. The smallest absolute Gasteiger partial charge is 0.275 e. The third kappa shape index (κ3) is 4.69. The summed E-state index contributed by atoms with van der Waals surface area (Å²) in [6.45, 7) is 0. The Morgan fingerprint density at radius 1 is 0.711 bits per heavy atom. The van der Waals surface area contributed by atoms with E-state index in [2.05, 4.69) is 0 Å². The Kier molecular flexibility index (Phi) is 7.73. The zero-order valence-corrected chi connectivity index (χ0v) is 26.5. The number of Topliss-reactive ketones (excluding diaryl/α,β-unsaturated/α-hetero) is 1. The first-order valence-electron chi connectivity index (χ1n) is 14.4. The summed E-state index contributed by atoms with van der Waals surface area (Å²) < 4.78 is 0. The summed E-state index contributed by atoms with van der Waals surface area (Å²) in [4.78, 5) is 58.0. The van der Waals surface area contributed by atoms with Crippen molar-refractivity contribution in [2.24, 2.45) is 11.8 Å². The summed E-state index contributed by atoms with van der Waals surface area (Å²) in [5.41, 5.74) is 4.16. The van der Waals surface area contributed by atoms with Gasteiger partial charge in [0.1, 0.15) is 6.04 Å². The number of hydrogen-bond donors (Lipinski definition) is 0. The van der Waals surface area contributed by atoms with Gasteiger partial charge in [-0.25, -0.2) is 5.01 Å². The van der Waals surface area contributed by atoms with Crippen LogP contribution in [0.5, 0.6) is 0 Å². The van der Waals surface area contributed by atoms with Crippen LogP contribution in [0.15, 0.2) is 91.0 Å². The Bertz CT molecular complexity index is 1780. The predicted molar refractivity (Wildman–Crippen MR) is 173 cm³/mol. The van der Waals surface area contributed by atoms with Crippen molar-refractivity contribution in [1.82, 2.24) is 10.0 Å². The van der Waals surface area contributed by atoms with Crippen LogP contribution in [-0.2, 0) is 9.59 Å². The minimum Gasteiger partial charge on any atom is -0.292 e. The molecule has 226 valence electrons. The van der Waals surface area contributed by atoms with Crippen LogP contribution in [0.2, 0.25) is 15.1 Å². The Balaban J connectivity index is 1.39. The van der Waals surface area contributed by atoms with E-state index < -0.39 is 53.2 Å². The average Bonchev–Trinajstić information content (AvgIpc) is 3.30. The fourth-order valence-corrected chi connectivity index (χ4v) is 8.13. The lowest BCUT2D eigenvalue weighted by atomic mass is 9.55. The van der Waals surface area contributed by atoms with Gasteiger partial charge in [-0.05, 0) is 71.1 Å². The molecule has 3 aliphatic carbocycles. The molecule has 1 aliphatic heterocycles. The number of hydrogen-bond acceptors (Lipinski definition) is 4. The van der Waals surface area contributed by atoms with Crippen molar-refractivity contribution < 1.29 is 19.2 Å². The standard InChI is InChI=1S/C35H24Cl4N2O4/c36-16-15-27(32(42)18-9-11-19(37)12-10-18)40(33(43)25-14-13-20(38)17-26(25)39)41-34(44)30-28-21-5-1-2-6-22(21)29(31(30)35(41)45)24-8-4-3-7-23(24)28/h1-14,17,27-31H,15-16H2/t27-,28?,29?,30+,31+/m0/s1. The van der Waals surface area contributed by atoms with E-state index in [9.17, 15) is 19.2 Å². The van der Waals surface area contributed by atoms with E-state index in [0.29, 0.717) is 10.0 Å². The lowest BCUT2D eigenvalue weighted by Gasteiger charge is -2.45. The van der Waals surface area contributed by atoms with Crippen molar-refractivity contribution >= 4 is 69.9 Å². The summed E-state index contributed by atoms with van der Waals surface area (Å²) in [6, 6.07) is 24.9. The molecule has 3 atom stereocenters. The largest absolute Gasteiger partial charge is 0.292 e. The molecule has 0 saturated carbocycles. The molecule has 6 nitrogen and oxygen atoms in total. The molecule has 10 heteroatoms. The van der Waals surface area contributed by atoms with Crippen LogP contribution < -0.4 is 0 Å². The molecular formula is C35H24Cl4N2O4. The van der Waals surface area contributed by atoms with Crippen molar-refractivity contribution in [3.05, 3.63) is 139 Å². The molecule has 1 heterocycles. The van der Waals surface area contributed by atoms with Gasteiger partial charge in [0, 0.05) is 33.3 Å². The van der Waals surface area contributed by atoms with Gasteiger partial charge >= 0.3 is 0 Å². The number of carbonyl (C=O) groups is 4. The van der Waals surface area contributed by atoms with E-state index in [-0.39, 0.29) is 28.5 Å². The van der Waals surface area contributed by atoms with Gasteiger partial charge in [0.2, 0.25) is 0 Å². The van der Waals surface area contributed by atoms with Crippen molar-refractivity contribution in [3.63, 3.8) is 0 Å². The highest BCUT2D eigenvalue weighted by molar-refractivity contribution is 6.37. The maximum absolute atomic E-state index is 14.7. The minimum atomic E-state index is -1.31. The molecular weight excluding hydrogens is 654 g/mol. The Hall–Kier alpha value is -3.68. The second kappa shape index (κ2) is 11.6. The van der Waals surface area contributed by atoms with Crippen LogP contribution in [0.4, 0.5) is 0 Å². The monoisotopic (exact) mass is 676 g/mol. The molecule has 8 rings (SSSR count). The first-order valence-corrected chi connectivity index (χ1v) is 16.1. The third-order valence-corrected chi connectivity index (χ3v) is 10.1. The summed E-state index contributed by atoms with van der Waals surface area (Å²) in [5.74, 6) is -4.78. The number of alkyl halides is 1. The summed E-state index contributed by atoms with van der Waals surface area (Å²) in [5, 5.41) is 2.60. The first-order chi connectivity index (χ1) is 21.7. The van der Waals surface area contributed by atoms with Crippen molar-refractivity contribution in [2.45, 2.75) is 24.3 Å². The Morgan fingerprint density at radius 2 is 1.20 bits per heavy atom. The number of benzene rings is 4. The molecule has 0 N–H and O–H groups in total. The number of carbonyl (C=O) groups excluding carboxylic acids is 4. The van der Waals surface area contributed by atoms with Gasteiger partial charge in [-0.15, -0.1) is 11.6 Å². The third-order valence-electron chi connectivity index (χ3n) is 9.12. The van der Waals surface area contributed by atoms with E-state index >= 15 is 0 Å².